The molecule has 0 aromatic carbocycles. The molecule has 0 saturated heterocycles. The topological polar surface area (TPSA) is 109 Å². The molecule has 0 fully saturated rings. The van der Waals surface area contributed by atoms with E-state index >= 15 is 0 Å². The largest absolute Gasteiger partial charge is 0.451 e. The molecule has 0 aliphatic carbocycles. The van der Waals surface area contributed by atoms with E-state index in [2.05, 4.69) is 10.3 Å². The molecule has 8 heteroatoms. The molecular formula is C16H23N3O5. The maximum Gasteiger partial charge on any atom is 0.355 e. The molecule has 0 aliphatic heterocycles. The van der Waals surface area contributed by atoms with E-state index < -0.39 is 24.0 Å². The van der Waals surface area contributed by atoms with Gasteiger partial charge in [-0.2, -0.15) is 0 Å². The van der Waals surface area contributed by atoms with Crippen LogP contribution < -0.4 is 5.32 Å². The van der Waals surface area contributed by atoms with Crippen molar-refractivity contribution < 1.29 is 23.9 Å². The third-order valence-electron chi connectivity index (χ3n) is 2.96. The van der Waals surface area contributed by atoms with Gasteiger partial charge in [0, 0.05) is 24.3 Å². The van der Waals surface area contributed by atoms with Crippen molar-refractivity contribution in [1.29, 1.82) is 0 Å². The van der Waals surface area contributed by atoms with Gasteiger partial charge in [-0.3, -0.25) is 14.4 Å². The fourth-order valence-corrected chi connectivity index (χ4v) is 1.79. The van der Waals surface area contributed by atoms with Crippen LogP contribution in [0, 0.1) is 0 Å². The van der Waals surface area contributed by atoms with Crippen molar-refractivity contribution in [3.63, 3.8) is 0 Å². The van der Waals surface area contributed by atoms with Crippen molar-refractivity contribution in [2.24, 2.45) is 0 Å². The average Bonchev–Trinajstić information content (AvgIpc) is 2.92. The molecule has 1 heterocycles. The number of rotatable bonds is 6. The Bertz CT molecular complexity index is 642. The molecule has 0 unspecified atom stereocenters. The molecule has 1 aromatic heterocycles. The summed E-state index contributed by atoms with van der Waals surface area (Å²) in [6, 6.07) is 1.36. The maximum atomic E-state index is 11.9. The quantitative estimate of drug-likeness (QED) is 0.588. The molecule has 1 aromatic rings. The third kappa shape index (κ3) is 6.23. The third-order valence-corrected chi connectivity index (χ3v) is 2.96. The molecule has 24 heavy (non-hydrogen) atoms. The Kier molecular flexibility index (Phi) is 6.27. The molecule has 0 radical (unpaired) electrons. The second-order valence-electron chi connectivity index (χ2n) is 6.48. The van der Waals surface area contributed by atoms with Crippen molar-refractivity contribution in [2.45, 2.75) is 33.2 Å². The number of likely N-dealkylation sites (N-methyl/N-ethyl adjacent to an activating group) is 1. The number of hydrogen-bond donors (Lipinski definition) is 2. The summed E-state index contributed by atoms with van der Waals surface area (Å²) in [5, 5.41) is 2.73. The Hall–Kier alpha value is -2.64. The van der Waals surface area contributed by atoms with Gasteiger partial charge in [0.05, 0.1) is 6.54 Å². The van der Waals surface area contributed by atoms with Gasteiger partial charge < -0.3 is 19.9 Å². The van der Waals surface area contributed by atoms with Gasteiger partial charge in [-0.15, -0.1) is 0 Å². The first-order valence-corrected chi connectivity index (χ1v) is 7.41. The van der Waals surface area contributed by atoms with Crippen LogP contribution in [-0.2, 0) is 14.3 Å². The van der Waals surface area contributed by atoms with Crippen LogP contribution in [0.3, 0.4) is 0 Å². The first-order chi connectivity index (χ1) is 11.0. The number of aromatic amines is 1. The van der Waals surface area contributed by atoms with Gasteiger partial charge in [0.2, 0.25) is 5.91 Å². The summed E-state index contributed by atoms with van der Waals surface area (Å²) >= 11 is 0. The highest BCUT2D eigenvalue weighted by Crippen LogP contribution is 2.06. The highest BCUT2D eigenvalue weighted by molar-refractivity contribution is 5.97. The predicted molar refractivity (Wildman–Crippen MR) is 86.6 cm³/mol. The van der Waals surface area contributed by atoms with E-state index in [1.807, 2.05) is 20.8 Å². The molecule has 0 bridgehead atoms. The highest BCUT2D eigenvalue weighted by atomic mass is 16.5. The van der Waals surface area contributed by atoms with Crippen LogP contribution in [0.25, 0.3) is 0 Å². The first kappa shape index (κ1) is 19.4. The minimum atomic E-state index is -0.747. The SMILES string of the molecule is CC(=O)c1c[nH]c(C(=O)OCC(=O)N(C)CC(=O)NC(C)(C)C)c1. The molecule has 0 atom stereocenters. The number of ketones is 1. The van der Waals surface area contributed by atoms with Crippen molar-refractivity contribution in [3.8, 4) is 0 Å². The number of hydrogen-bond acceptors (Lipinski definition) is 5. The summed E-state index contributed by atoms with van der Waals surface area (Å²) in [5.41, 5.74) is 0.0422. The first-order valence-electron chi connectivity index (χ1n) is 7.41. The Balaban J connectivity index is 2.48. The number of amides is 2. The summed E-state index contributed by atoms with van der Waals surface area (Å²) < 4.78 is 4.88. The predicted octanol–water partition coefficient (Wildman–Crippen LogP) is 0.747. The van der Waals surface area contributed by atoms with Crippen LogP contribution in [0.2, 0.25) is 0 Å². The zero-order valence-electron chi connectivity index (χ0n) is 14.6. The summed E-state index contributed by atoms with van der Waals surface area (Å²) in [4.78, 5) is 50.4. The molecule has 1 rings (SSSR count). The number of H-pyrrole nitrogens is 1. The molecule has 0 aliphatic rings. The van der Waals surface area contributed by atoms with Gasteiger partial charge in [0.15, 0.2) is 12.4 Å². The minimum Gasteiger partial charge on any atom is -0.451 e. The number of ether oxygens (including phenoxy) is 1. The number of carbonyl (C=O) groups excluding carboxylic acids is 4. The Morgan fingerprint density at radius 1 is 1.25 bits per heavy atom. The number of Topliss-reactive ketones (excluding diaryl/α,β-unsaturated/α-hetero) is 1. The van der Waals surface area contributed by atoms with Crippen LogP contribution >= 0.6 is 0 Å². The normalized spacial score (nSPS) is 10.9. The van der Waals surface area contributed by atoms with Gasteiger partial charge in [0.1, 0.15) is 5.69 Å². The Morgan fingerprint density at radius 2 is 1.88 bits per heavy atom. The van der Waals surface area contributed by atoms with Gasteiger partial charge in [-0.1, -0.05) is 0 Å². The van der Waals surface area contributed by atoms with Crippen LogP contribution in [0.1, 0.15) is 48.5 Å². The number of carbonyl (C=O) groups is 4. The summed E-state index contributed by atoms with van der Waals surface area (Å²) in [5.74, 6) is -1.75. The van der Waals surface area contributed by atoms with Crippen molar-refractivity contribution in [2.75, 3.05) is 20.2 Å². The summed E-state index contributed by atoms with van der Waals surface area (Å²) in [6.45, 7) is 6.25. The molecule has 132 valence electrons. The van der Waals surface area contributed by atoms with Gasteiger partial charge in [-0.05, 0) is 33.8 Å². The lowest BCUT2D eigenvalue weighted by Crippen LogP contribution is -2.46. The van der Waals surface area contributed by atoms with Crippen LogP contribution in [-0.4, -0.2) is 59.2 Å². The summed E-state index contributed by atoms with van der Waals surface area (Å²) in [6.07, 6.45) is 1.39. The Morgan fingerprint density at radius 3 is 2.38 bits per heavy atom. The zero-order chi connectivity index (χ0) is 18.5. The van der Waals surface area contributed by atoms with E-state index in [1.54, 1.807) is 0 Å². The molecular weight excluding hydrogens is 314 g/mol. The zero-order valence-corrected chi connectivity index (χ0v) is 14.6. The highest BCUT2D eigenvalue weighted by Gasteiger charge is 2.19. The monoisotopic (exact) mass is 337 g/mol. The second kappa shape index (κ2) is 7.76. The van der Waals surface area contributed by atoms with E-state index in [9.17, 15) is 19.2 Å². The fraction of sp³-hybridized carbons (Fsp3) is 0.500. The van der Waals surface area contributed by atoms with Crippen molar-refractivity contribution in [3.05, 3.63) is 23.5 Å². The average molecular weight is 337 g/mol. The van der Waals surface area contributed by atoms with E-state index in [0.29, 0.717) is 5.56 Å². The molecule has 0 saturated carbocycles. The second-order valence-corrected chi connectivity index (χ2v) is 6.48. The van der Waals surface area contributed by atoms with E-state index in [0.717, 1.165) is 0 Å². The molecule has 2 amide bonds. The van der Waals surface area contributed by atoms with Crippen LogP contribution in [0.15, 0.2) is 12.3 Å². The lowest BCUT2D eigenvalue weighted by Gasteiger charge is -2.23. The maximum absolute atomic E-state index is 11.9. The molecule has 2 N–H and O–H groups in total. The van der Waals surface area contributed by atoms with Crippen LogP contribution in [0.5, 0.6) is 0 Å². The molecule has 8 nitrogen and oxygen atoms in total. The van der Waals surface area contributed by atoms with Gasteiger partial charge in [0.25, 0.3) is 5.91 Å². The number of esters is 1. The lowest BCUT2D eigenvalue weighted by molar-refractivity contribution is -0.137. The van der Waals surface area contributed by atoms with E-state index in [-0.39, 0.29) is 23.9 Å². The van der Waals surface area contributed by atoms with Crippen molar-refractivity contribution >= 4 is 23.6 Å². The van der Waals surface area contributed by atoms with E-state index in [1.165, 1.54) is 31.1 Å². The minimum absolute atomic E-state index is 0.0844. The lowest BCUT2D eigenvalue weighted by atomic mass is 10.1. The van der Waals surface area contributed by atoms with Gasteiger partial charge in [-0.25, -0.2) is 4.79 Å². The van der Waals surface area contributed by atoms with Crippen LogP contribution in [0.4, 0.5) is 0 Å². The Labute approximate surface area is 140 Å². The number of nitrogens with zero attached hydrogens (tertiary/aromatic N) is 1. The smallest absolute Gasteiger partial charge is 0.355 e. The van der Waals surface area contributed by atoms with Crippen molar-refractivity contribution in [1.82, 2.24) is 15.2 Å². The molecule has 0 spiro atoms. The van der Waals surface area contributed by atoms with Gasteiger partial charge >= 0.3 is 5.97 Å². The standard InChI is InChI=1S/C16H23N3O5/c1-10(20)11-6-12(17-7-11)15(23)24-9-14(22)19(5)8-13(21)18-16(2,3)4/h6-7,17H,8-9H2,1-5H3,(H,18,21). The fourth-order valence-electron chi connectivity index (χ4n) is 1.79. The number of nitrogens with one attached hydrogen (secondary N) is 2. The summed E-state index contributed by atoms with van der Waals surface area (Å²) in [7, 11) is 1.45. The number of aromatic nitrogens is 1. The van der Waals surface area contributed by atoms with E-state index in [4.69, 9.17) is 4.74 Å².